The maximum absolute atomic E-state index is 8.40. The summed E-state index contributed by atoms with van der Waals surface area (Å²) in [4.78, 5) is 0. The van der Waals surface area contributed by atoms with Crippen LogP contribution >= 0.6 is 12.4 Å². The van der Waals surface area contributed by atoms with E-state index in [-0.39, 0.29) is 24.4 Å². The number of hydrogen-bond donors (Lipinski definition) is 1. The van der Waals surface area contributed by atoms with Crippen LogP contribution in [-0.4, -0.2) is 11.7 Å². The zero-order valence-corrected chi connectivity index (χ0v) is 5.88. The molecule has 0 fully saturated rings. The molecule has 0 saturated heterocycles. The largest absolute Gasteiger partial charge is 0.396 e. The van der Waals surface area contributed by atoms with Crippen LogP contribution in [0.4, 0.5) is 0 Å². The summed E-state index contributed by atoms with van der Waals surface area (Å²) in [6.07, 6.45) is 0. The molecule has 1 N–H and O–H groups in total. The first-order valence-corrected chi connectivity index (χ1v) is 2.17. The van der Waals surface area contributed by atoms with Crippen LogP contribution in [-0.2, 0) is 0 Å². The van der Waals surface area contributed by atoms with Crippen LogP contribution in [0.15, 0.2) is 0 Å². The van der Waals surface area contributed by atoms with E-state index in [4.69, 9.17) is 5.11 Å². The summed E-state index contributed by atoms with van der Waals surface area (Å²) in [5, 5.41) is 8.40. The van der Waals surface area contributed by atoms with Gasteiger partial charge in [-0.2, -0.15) is 0 Å². The van der Waals surface area contributed by atoms with Gasteiger partial charge in [-0.25, -0.2) is 0 Å². The number of hydrogen-bond acceptors (Lipinski definition) is 1. The average Bonchev–Trinajstić information content (AvgIpc) is 1.35. The third-order valence-corrected chi connectivity index (χ3v) is 0.474. The Hall–Kier alpha value is 0.250. The molecule has 0 aromatic carbocycles. The lowest BCUT2D eigenvalue weighted by molar-refractivity contribution is 0.177. The Kier molecular flexibility index (Phi) is 4.81. The maximum Gasteiger partial charge on any atom is 0.0479 e. The Balaban J connectivity index is 0. The van der Waals surface area contributed by atoms with E-state index in [0.29, 0.717) is 0 Å². The van der Waals surface area contributed by atoms with E-state index in [1.807, 2.05) is 20.8 Å². The minimum atomic E-state index is 0. The Morgan fingerprint density at radius 1 is 1.29 bits per heavy atom. The van der Waals surface area contributed by atoms with Crippen molar-refractivity contribution < 1.29 is 5.11 Å². The van der Waals surface area contributed by atoms with Crippen LogP contribution in [0.3, 0.4) is 0 Å². The molecule has 0 aromatic heterocycles. The predicted molar refractivity (Wildman–Crippen MR) is 33.8 cm³/mol. The third-order valence-electron chi connectivity index (χ3n) is 0.474. The molecule has 0 rings (SSSR count). The standard InChI is InChI=1S/C5H12O.ClH/c1-5(2,3)4-6;/h6H,4H2,1-3H3;1H. The molecule has 7 heavy (non-hydrogen) atoms. The highest BCUT2D eigenvalue weighted by Gasteiger charge is 2.05. The van der Waals surface area contributed by atoms with Gasteiger partial charge < -0.3 is 5.11 Å². The van der Waals surface area contributed by atoms with E-state index >= 15 is 0 Å². The lowest BCUT2D eigenvalue weighted by atomic mass is 9.99. The zero-order chi connectivity index (χ0) is 5.21. The van der Waals surface area contributed by atoms with Crippen molar-refractivity contribution in [1.82, 2.24) is 0 Å². The number of aliphatic hydroxyl groups excluding tert-OH is 1. The van der Waals surface area contributed by atoms with E-state index in [1.54, 1.807) is 0 Å². The van der Waals surface area contributed by atoms with Crippen LogP contribution in [0, 0.1) is 5.41 Å². The summed E-state index contributed by atoms with van der Waals surface area (Å²) in [6, 6.07) is 0. The summed E-state index contributed by atoms with van der Waals surface area (Å²) in [5.74, 6) is 0. The fourth-order valence-corrected chi connectivity index (χ4v) is 0. The fourth-order valence-electron chi connectivity index (χ4n) is 0. The second kappa shape index (κ2) is 3.28. The van der Waals surface area contributed by atoms with Gasteiger partial charge in [0.1, 0.15) is 0 Å². The Labute approximate surface area is 51.1 Å². The molecule has 0 bridgehead atoms. The molecule has 0 spiro atoms. The minimum Gasteiger partial charge on any atom is -0.396 e. The van der Waals surface area contributed by atoms with Gasteiger partial charge in [-0.1, -0.05) is 20.8 Å². The zero-order valence-electron chi connectivity index (χ0n) is 5.06. The Morgan fingerprint density at radius 2 is 1.43 bits per heavy atom. The normalized spacial score (nSPS) is 10.3. The van der Waals surface area contributed by atoms with Crippen LogP contribution in [0.1, 0.15) is 20.8 Å². The van der Waals surface area contributed by atoms with Gasteiger partial charge in [0.25, 0.3) is 0 Å². The molecule has 0 aliphatic rings. The molecular formula is C5H13ClO. The van der Waals surface area contributed by atoms with E-state index in [9.17, 15) is 0 Å². The Bertz CT molecular complexity index is 37.8. The Morgan fingerprint density at radius 3 is 1.43 bits per heavy atom. The topological polar surface area (TPSA) is 20.2 Å². The van der Waals surface area contributed by atoms with Crippen molar-refractivity contribution in [2.45, 2.75) is 20.8 Å². The van der Waals surface area contributed by atoms with Crippen molar-refractivity contribution in [3.05, 3.63) is 0 Å². The van der Waals surface area contributed by atoms with Crippen molar-refractivity contribution in [2.75, 3.05) is 6.61 Å². The van der Waals surface area contributed by atoms with Gasteiger partial charge in [0.15, 0.2) is 0 Å². The van der Waals surface area contributed by atoms with Crippen molar-refractivity contribution in [2.24, 2.45) is 5.41 Å². The molecule has 0 unspecified atom stereocenters. The van der Waals surface area contributed by atoms with Crippen LogP contribution in [0.25, 0.3) is 0 Å². The molecule has 0 aliphatic carbocycles. The minimum absolute atomic E-state index is 0. The van der Waals surface area contributed by atoms with Gasteiger partial charge >= 0.3 is 0 Å². The monoisotopic (exact) mass is 124 g/mol. The van der Waals surface area contributed by atoms with Gasteiger partial charge in [-0.3, -0.25) is 0 Å². The summed E-state index contributed by atoms with van der Waals surface area (Å²) in [6.45, 7) is 6.25. The van der Waals surface area contributed by atoms with Gasteiger partial charge in [-0.05, 0) is 5.41 Å². The molecule has 0 radical (unpaired) electrons. The van der Waals surface area contributed by atoms with Crippen molar-refractivity contribution in [3.8, 4) is 0 Å². The number of aliphatic hydroxyl groups is 1. The first-order valence-electron chi connectivity index (χ1n) is 2.17. The molecular weight excluding hydrogens is 112 g/mol. The molecule has 0 aliphatic heterocycles. The van der Waals surface area contributed by atoms with E-state index in [1.165, 1.54) is 0 Å². The second-order valence-corrected chi connectivity index (χ2v) is 2.72. The molecule has 2 heteroatoms. The summed E-state index contributed by atoms with van der Waals surface area (Å²) in [7, 11) is 0. The number of halogens is 1. The molecule has 0 amide bonds. The summed E-state index contributed by atoms with van der Waals surface area (Å²) in [5.41, 5.74) is 0.0972. The van der Waals surface area contributed by atoms with Crippen molar-refractivity contribution in [3.63, 3.8) is 0 Å². The van der Waals surface area contributed by atoms with Gasteiger partial charge in [-0.15, -0.1) is 12.4 Å². The van der Waals surface area contributed by atoms with Gasteiger partial charge in [0.05, 0.1) is 0 Å². The molecule has 1 nitrogen and oxygen atoms in total. The quantitative estimate of drug-likeness (QED) is 0.518. The summed E-state index contributed by atoms with van der Waals surface area (Å²) < 4.78 is 0. The highest BCUT2D eigenvalue weighted by Crippen LogP contribution is 2.09. The van der Waals surface area contributed by atoms with Crippen LogP contribution in [0.5, 0.6) is 0 Å². The van der Waals surface area contributed by atoms with Gasteiger partial charge in [0.2, 0.25) is 0 Å². The van der Waals surface area contributed by atoms with E-state index in [2.05, 4.69) is 0 Å². The first kappa shape index (κ1) is 10.3. The van der Waals surface area contributed by atoms with E-state index in [0.717, 1.165) is 0 Å². The van der Waals surface area contributed by atoms with Gasteiger partial charge in [0, 0.05) is 6.61 Å². The molecule has 0 atom stereocenters. The molecule has 0 aromatic rings. The maximum atomic E-state index is 8.40. The second-order valence-electron chi connectivity index (χ2n) is 2.72. The molecule has 46 valence electrons. The first-order chi connectivity index (χ1) is 2.56. The summed E-state index contributed by atoms with van der Waals surface area (Å²) >= 11 is 0. The van der Waals surface area contributed by atoms with Crippen molar-refractivity contribution >= 4 is 12.4 Å². The SMILES string of the molecule is CC(C)(C)CO.Cl. The number of rotatable bonds is 0. The fraction of sp³-hybridized carbons (Fsp3) is 1.00. The average molecular weight is 125 g/mol. The molecule has 0 saturated carbocycles. The van der Waals surface area contributed by atoms with Crippen LogP contribution in [0.2, 0.25) is 0 Å². The van der Waals surface area contributed by atoms with Crippen molar-refractivity contribution in [1.29, 1.82) is 0 Å². The third kappa shape index (κ3) is 10.7. The molecule has 0 heterocycles. The highest BCUT2D eigenvalue weighted by molar-refractivity contribution is 5.85. The van der Waals surface area contributed by atoms with Crippen LogP contribution < -0.4 is 0 Å². The van der Waals surface area contributed by atoms with E-state index < -0.39 is 0 Å². The lowest BCUT2D eigenvalue weighted by Gasteiger charge is -2.11. The lowest BCUT2D eigenvalue weighted by Crippen LogP contribution is -2.09. The highest BCUT2D eigenvalue weighted by atomic mass is 35.5. The predicted octanol–water partition coefficient (Wildman–Crippen LogP) is 1.45. The smallest absolute Gasteiger partial charge is 0.0479 e.